The number of carbonyl (C=O) groups is 1. The van der Waals surface area contributed by atoms with Crippen LogP contribution in [0.15, 0.2) is 23.1 Å². The topological polar surface area (TPSA) is 55.8 Å². The molecule has 0 aliphatic carbocycles. The van der Waals surface area contributed by atoms with Crippen LogP contribution in [0, 0.1) is 0 Å². The molecule has 1 aromatic rings. The van der Waals surface area contributed by atoms with E-state index in [1.54, 1.807) is 27.0 Å². The summed E-state index contributed by atoms with van der Waals surface area (Å²) in [5.41, 5.74) is 0.703. The van der Waals surface area contributed by atoms with Crippen molar-refractivity contribution in [2.75, 3.05) is 19.5 Å². The molecule has 100 valence electrons. The molecule has 0 amide bonds. The van der Waals surface area contributed by atoms with Gasteiger partial charge >= 0.3 is 5.97 Å². The molecule has 1 N–H and O–H groups in total. The molecule has 0 aromatic heterocycles. The summed E-state index contributed by atoms with van der Waals surface area (Å²) in [6.45, 7) is 3.82. The minimum atomic E-state index is -0.647. The Morgan fingerprint density at radius 2 is 2.22 bits per heavy atom. The van der Waals surface area contributed by atoms with Crippen LogP contribution in [0.5, 0.6) is 5.75 Å². The molecule has 0 spiro atoms. The zero-order valence-electron chi connectivity index (χ0n) is 10.8. The Kier molecular flexibility index (Phi) is 6.01. The molecule has 5 heteroatoms. The maximum absolute atomic E-state index is 11.3. The van der Waals surface area contributed by atoms with Crippen LogP contribution in [0.4, 0.5) is 0 Å². The van der Waals surface area contributed by atoms with Crippen LogP contribution in [-0.2, 0) is 9.53 Å². The first kappa shape index (κ1) is 14.9. The maximum Gasteiger partial charge on any atom is 0.316 e. The van der Waals surface area contributed by atoms with Crippen molar-refractivity contribution < 1.29 is 19.4 Å². The summed E-state index contributed by atoms with van der Waals surface area (Å²) in [5.74, 6) is 0.585. The molecule has 0 radical (unpaired) electrons. The number of benzene rings is 1. The largest absolute Gasteiger partial charge is 0.496 e. The zero-order valence-corrected chi connectivity index (χ0v) is 11.6. The fourth-order valence-electron chi connectivity index (χ4n) is 1.58. The average Bonchev–Trinajstić information content (AvgIpc) is 2.35. The van der Waals surface area contributed by atoms with E-state index in [9.17, 15) is 9.90 Å². The van der Waals surface area contributed by atoms with Gasteiger partial charge in [-0.2, -0.15) is 0 Å². The van der Waals surface area contributed by atoms with E-state index >= 15 is 0 Å². The second-order valence-electron chi connectivity index (χ2n) is 3.64. The van der Waals surface area contributed by atoms with Gasteiger partial charge in [-0.3, -0.25) is 4.79 Å². The Morgan fingerprint density at radius 3 is 2.78 bits per heavy atom. The molecule has 4 nitrogen and oxygen atoms in total. The van der Waals surface area contributed by atoms with Crippen molar-refractivity contribution in [3.05, 3.63) is 23.8 Å². The van der Waals surface area contributed by atoms with E-state index in [-0.39, 0.29) is 11.7 Å². The number of thioether (sulfide) groups is 1. The molecule has 0 fully saturated rings. The standard InChI is InChI=1S/C13H18O4S/c1-4-17-12(15)8-18-11-7-5-6-10(16-3)13(11)9(2)14/h5-7,9,14H,4,8H2,1-3H3/t9-/m0/s1. The molecule has 1 aromatic carbocycles. The minimum absolute atomic E-state index is 0.223. The van der Waals surface area contributed by atoms with Gasteiger partial charge in [-0.1, -0.05) is 6.07 Å². The third kappa shape index (κ3) is 3.92. The monoisotopic (exact) mass is 270 g/mol. The van der Waals surface area contributed by atoms with Crippen LogP contribution in [-0.4, -0.2) is 30.5 Å². The van der Waals surface area contributed by atoms with Gasteiger partial charge in [0.15, 0.2) is 0 Å². The zero-order chi connectivity index (χ0) is 13.5. The lowest BCUT2D eigenvalue weighted by molar-refractivity contribution is -0.139. The summed E-state index contributed by atoms with van der Waals surface area (Å²) in [5, 5.41) is 9.78. The molecular formula is C13H18O4S. The van der Waals surface area contributed by atoms with Gasteiger partial charge in [0.2, 0.25) is 0 Å². The second-order valence-corrected chi connectivity index (χ2v) is 4.66. The fraction of sp³-hybridized carbons (Fsp3) is 0.462. The summed E-state index contributed by atoms with van der Waals surface area (Å²) < 4.78 is 10.1. The summed E-state index contributed by atoms with van der Waals surface area (Å²) in [7, 11) is 1.56. The third-order valence-corrected chi connectivity index (χ3v) is 3.36. The van der Waals surface area contributed by atoms with Crippen molar-refractivity contribution in [1.82, 2.24) is 0 Å². The lowest BCUT2D eigenvalue weighted by atomic mass is 10.1. The number of rotatable bonds is 6. The van der Waals surface area contributed by atoms with Crippen molar-refractivity contribution in [2.24, 2.45) is 0 Å². The Balaban J connectivity index is 2.84. The van der Waals surface area contributed by atoms with E-state index in [1.165, 1.54) is 11.8 Å². The molecule has 0 saturated heterocycles. The number of methoxy groups -OCH3 is 1. The number of hydrogen-bond donors (Lipinski definition) is 1. The highest BCUT2D eigenvalue weighted by atomic mass is 32.2. The number of carbonyl (C=O) groups excluding carboxylic acids is 1. The first-order valence-electron chi connectivity index (χ1n) is 5.73. The number of esters is 1. The lowest BCUT2D eigenvalue weighted by Gasteiger charge is -2.15. The number of ether oxygens (including phenoxy) is 2. The van der Waals surface area contributed by atoms with E-state index < -0.39 is 6.10 Å². The smallest absolute Gasteiger partial charge is 0.316 e. The molecule has 1 atom stereocenters. The van der Waals surface area contributed by atoms with Crippen molar-refractivity contribution >= 4 is 17.7 Å². The van der Waals surface area contributed by atoms with Gasteiger partial charge in [-0.15, -0.1) is 11.8 Å². The first-order chi connectivity index (χ1) is 8.60. The van der Waals surface area contributed by atoms with E-state index in [0.717, 1.165) is 4.90 Å². The normalized spacial score (nSPS) is 12.0. The number of aliphatic hydroxyl groups is 1. The van der Waals surface area contributed by atoms with Crippen molar-refractivity contribution in [3.8, 4) is 5.75 Å². The molecule has 0 saturated carbocycles. The predicted molar refractivity (Wildman–Crippen MR) is 71.0 cm³/mol. The summed E-state index contributed by atoms with van der Waals surface area (Å²) in [6, 6.07) is 5.48. The molecule has 0 aliphatic heterocycles. The highest BCUT2D eigenvalue weighted by molar-refractivity contribution is 8.00. The highest BCUT2D eigenvalue weighted by Gasteiger charge is 2.15. The molecule has 18 heavy (non-hydrogen) atoms. The van der Waals surface area contributed by atoms with Gasteiger partial charge in [0.25, 0.3) is 0 Å². The second kappa shape index (κ2) is 7.28. The summed E-state index contributed by atoms with van der Waals surface area (Å²) in [4.78, 5) is 12.1. The SMILES string of the molecule is CCOC(=O)CSc1cccc(OC)c1[C@H](C)O. The Morgan fingerprint density at radius 1 is 1.50 bits per heavy atom. The van der Waals surface area contributed by atoms with Gasteiger partial charge in [-0.05, 0) is 26.0 Å². The van der Waals surface area contributed by atoms with Gasteiger partial charge < -0.3 is 14.6 Å². The van der Waals surface area contributed by atoms with Gasteiger partial charge in [0.1, 0.15) is 5.75 Å². The number of hydrogen-bond acceptors (Lipinski definition) is 5. The predicted octanol–water partition coefficient (Wildman–Crippen LogP) is 2.40. The van der Waals surface area contributed by atoms with Crippen molar-refractivity contribution in [3.63, 3.8) is 0 Å². The molecule has 0 heterocycles. The first-order valence-corrected chi connectivity index (χ1v) is 6.72. The van der Waals surface area contributed by atoms with Crippen LogP contribution in [0.25, 0.3) is 0 Å². The molecule has 0 unspecified atom stereocenters. The minimum Gasteiger partial charge on any atom is -0.496 e. The van der Waals surface area contributed by atoms with E-state index in [1.807, 2.05) is 12.1 Å². The van der Waals surface area contributed by atoms with Crippen LogP contribution < -0.4 is 4.74 Å². The molecular weight excluding hydrogens is 252 g/mol. The Bertz CT molecular complexity index is 404. The Hall–Kier alpha value is -1.20. The summed E-state index contributed by atoms with van der Waals surface area (Å²) in [6.07, 6.45) is -0.647. The van der Waals surface area contributed by atoms with Crippen molar-refractivity contribution in [2.45, 2.75) is 24.8 Å². The highest BCUT2D eigenvalue weighted by Crippen LogP contribution is 2.34. The Labute approximate surface area is 111 Å². The number of aliphatic hydroxyl groups excluding tert-OH is 1. The van der Waals surface area contributed by atoms with Gasteiger partial charge in [0, 0.05) is 10.5 Å². The quantitative estimate of drug-likeness (QED) is 0.635. The van der Waals surface area contributed by atoms with Gasteiger partial charge in [0.05, 0.1) is 25.6 Å². The third-order valence-electron chi connectivity index (χ3n) is 2.31. The van der Waals surface area contributed by atoms with Crippen LogP contribution in [0.2, 0.25) is 0 Å². The van der Waals surface area contributed by atoms with Crippen LogP contribution in [0.1, 0.15) is 25.5 Å². The van der Waals surface area contributed by atoms with Crippen molar-refractivity contribution in [1.29, 1.82) is 0 Å². The van der Waals surface area contributed by atoms with Crippen LogP contribution in [0.3, 0.4) is 0 Å². The molecule has 0 aliphatic rings. The molecule has 0 bridgehead atoms. The van der Waals surface area contributed by atoms with Crippen LogP contribution >= 0.6 is 11.8 Å². The lowest BCUT2D eigenvalue weighted by Crippen LogP contribution is -2.07. The fourth-order valence-corrected chi connectivity index (χ4v) is 2.54. The molecule has 1 rings (SSSR count). The average molecular weight is 270 g/mol. The van der Waals surface area contributed by atoms with E-state index in [0.29, 0.717) is 17.9 Å². The van der Waals surface area contributed by atoms with Gasteiger partial charge in [-0.25, -0.2) is 0 Å². The maximum atomic E-state index is 11.3. The van der Waals surface area contributed by atoms with E-state index in [4.69, 9.17) is 9.47 Å². The summed E-state index contributed by atoms with van der Waals surface area (Å²) >= 11 is 1.34. The van der Waals surface area contributed by atoms with E-state index in [2.05, 4.69) is 0 Å².